The Labute approximate surface area is 139 Å². The first-order valence-corrected chi connectivity index (χ1v) is 8.70. The van der Waals surface area contributed by atoms with Crippen LogP contribution >= 0.6 is 15.9 Å². The zero-order chi connectivity index (χ0) is 15.4. The first kappa shape index (κ1) is 15.5. The predicted molar refractivity (Wildman–Crippen MR) is 94.2 cm³/mol. The predicted octanol–water partition coefficient (Wildman–Crippen LogP) is 3.72. The largest absolute Gasteiger partial charge is 0.352 e. The van der Waals surface area contributed by atoms with Crippen LogP contribution in [0.3, 0.4) is 0 Å². The van der Waals surface area contributed by atoms with Gasteiger partial charge in [-0.1, -0.05) is 28.1 Å². The van der Waals surface area contributed by atoms with E-state index in [0.717, 1.165) is 46.9 Å². The Bertz CT molecular complexity index is 665. The summed E-state index contributed by atoms with van der Waals surface area (Å²) in [6.07, 6.45) is 3.58. The molecule has 0 saturated carbocycles. The van der Waals surface area contributed by atoms with Crippen molar-refractivity contribution in [3.05, 3.63) is 46.4 Å². The van der Waals surface area contributed by atoms with Crippen molar-refractivity contribution in [3.63, 3.8) is 0 Å². The summed E-state index contributed by atoms with van der Waals surface area (Å²) in [5.74, 6) is 0.719. The van der Waals surface area contributed by atoms with Gasteiger partial charge in [0.05, 0.1) is 0 Å². The van der Waals surface area contributed by atoms with Crippen molar-refractivity contribution in [2.24, 2.45) is 5.92 Å². The van der Waals surface area contributed by atoms with E-state index in [2.05, 4.69) is 32.6 Å². The molecule has 0 aliphatic carbocycles. The first-order valence-electron chi connectivity index (χ1n) is 7.90. The lowest BCUT2D eigenvalue weighted by Crippen LogP contribution is -2.33. The number of fused-ring (bicyclic) bond motifs is 1. The Balaban J connectivity index is 1.58. The van der Waals surface area contributed by atoms with Crippen LogP contribution in [0.25, 0.3) is 10.8 Å². The molecule has 3 rings (SSSR count). The number of amides is 1. The maximum Gasteiger partial charge on any atom is 0.251 e. The van der Waals surface area contributed by atoms with Crippen molar-refractivity contribution in [1.82, 2.24) is 10.6 Å². The molecule has 1 fully saturated rings. The average molecular weight is 361 g/mol. The molecule has 1 amide bonds. The standard InChI is InChI=1S/C18H21BrN2O/c19-17-6-5-14-10-16(4-3-15(14)11-17)18(22)21-9-7-13-2-1-8-20-12-13/h3-6,10-11,13,20H,1-2,7-9,12H2,(H,21,22). The number of hydrogen-bond donors (Lipinski definition) is 2. The van der Waals surface area contributed by atoms with Gasteiger partial charge in [0.2, 0.25) is 0 Å². The summed E-state index contributed by atoms with van der Waals surface area (Å²) in [7, 11) is 0. The van der Waals surface area contributed by atoms with E-state index in [1.807, 2.05) is 30.3 Å². The van der Waals surface area contributed by atoms with Crippen molar-refractivity contribution in [2.75, 3.05) is 19.6 Å². The lowest BCUT2D eigenvalue weighted by Gasteiger charge is -2.22. The molecular weight excluding hydrogens is 340 g/mol. The topological polar surface area (TPSA) is 41.1 Å². The van der Waals surface area contributed by atoms with E-state index in [1.54, 1.807) is 0 Å². The molecule has 1 aliphatic rings. The van der Waals surface area contributed by atoms with Crippen LogP contribution in [0.2, 0.25) is 0 Å². The second-order valence-corrected chi connectivity index (χ2v) is 6.88. The van der Waals surface area contributed by atoms with Gasteiger partial charge in [0, 0.05) is 16.6 Å². The van der Waals surface area contributed by atoms with Gasteiger partial charge < -0.3 is 10.6 Å². The molecule has 4 heteroatoms. The Morgan fingerprint density at radius 3 is 2.86 bits per heavy atom. The van der Waals surface area contributed by atoms with Crippen molar-refractivity contribution < 1.29 is 4.79 Å². The third-order valence-electron chi connectivity index (χ3n) is 4.30. The van der Waals surface area contributed by atoms with Gasteiger partial charge in [-0.15, -0.1) is 0 Å². The summed E-state index contributed by atoms with van der Waals surface area (Å²) in [5.41, 5.74) is 0.733. The molecule has 0 radical (unpaired) electrons. The number of rotatable bonds is 4. The maximum absolute atomic E-state index is 12.3. The van der Waals surface area contributed by atoms with Crippen LogP contribution in [-0.2, 0) is 0 Å². The van der Waals surface area contributed by atoms with E-state index in [0.29, 0.717) is 5.92 Å². The Morgan fingerprint density at radius 1 is 1.23 bits per heavy atom. The zero-order valence-electron chi connectivity index (χ0n) is 12.6. The fourth-order valence-electron chi connectivity index (χ4n) is 3.02. The second-order valence-electron chi connectivity index (χ2n) is 5.96. The van der Waals surface area contributed by atoms with E-state index in [9.17, 15) is 4.79 Å². The van der Waals surface area contributed by atoms with E-state index in [-0.39, 0.29) is 5.91 Å². The van der Waals surface area contributed by atoms with Gasteiger partial charge in [0.25, 0.3) is 5.91 Å². The molecule has 1 saturated heterocycles. The summed E-state index contributed by atoms with van der Waals surface area (Å²) < 4.78 is 1.05. The van der Waals surface area contributed by atoms with E-state index in [1.165, 1.54) is 12.8 Å². The second kappa shape index (κ2) is 7.25. The molecule has 3 nitrogen and oxygen atoms in total. The minimum absolute atomic E-state index is 0.0218. The number of carbonyl (C=O) groups excluding carboxylic acids is 1. The van der Waals surface area contributed by atoms with Crippen LogP contribution in [0.15, 0.2) is 40.9 Å². The molecule has 0 spiro atoms. The van der Waals surface area contributed by atoms with Crippen LogP contribution in [0, 0.1) is 5.92 Å². The molecule has 1 unspecified atom stereocenters. The van der Waals surface area contributed by atoms with Crippen LogP contribution in [-0.4, -0.2) is 25.5 Å². The maximum atomic E-state index is 12.3. The van der Waals surface area contributed by atoms with Crippen molar-refractivity contribution in [1.29, 1.82) is 0 Å². The first-order chi connectivity index (χ1) is 10.7. The van der Waals surface area contributed by atoms with Gasteiger partial charge in [-0.05, 0) is 73.3 Å². The van der Waals surface area contributed by atoms with E-state index in [4.69, 9.17) is 0 Å². The lowest BCUT2D eigenvalue weighted by atomic mass is 9.96. The Kier molecular flexibility index (Phi) is 5.11. The molecule has 0 aromatic heterocycles. The minimum atomic E-state index is 0.0218. The van der Waals surface area contributed by atoms with Crippen LogP contribution in [0.4, 0.5) is 0 Å². The summed E-state index contributed by atoms with van der Waals surface area (Å²) in [4.78, 5) is 12.3. The summed E-state index contributed by atoms with van der Waals surface area (Å²) in [6, 6.07) is 11.9. The highest BCUT2D eigenvalue weighted by molar-refractivity contribution is 9.10. The normalized spacial score (nSPS) is 18.3. The molecule has 1 aliphatic heterocycles. The molecule has 2 aromatic rings. The number of halogens is 1. The minimum Gasteiger partial charge on any atom is -0.352 e. The van der Waals surface area contributed by atoms with Gasteiger partial charge in [-0.2, -0.15) is 0 Å². The van der Waals surface area contributed by atoms with Crippen LogP contribution in [0.5, 0.6) is 0 Å². The van der Waals surface area contributed by atoms with Gasteiger partial charge in [-0.25, -0.2) is 0 Å². The molecule has 2 N–H and O–H groups in total. The van der Waals surface area contributed by atoms with Gasteiger partial charge in [-0.3, -0.25) is 4.79 Å². The lowest BCUT2D eigenvalue weighted by molar-refractivity contribution is 0.0951. The van der Waals surface area contributed by atoms with Crippen molar-refractivity contribution in [2.45, 2.75) is 19.3 Å². The summed E-state index contributed by atoms with van der Waals surface area (Å²) in [5, 5.41) is 8.69. The zero-order valence-corrected chi connectivity index (χ0v) is 14.2. The third-order valence-corrected chi connectivity index (χ3v) is 4.79. The molecule has 1 atom stereocenters. The Hall–Kier alpha value is -1.39. The highest BCUT2D eigenvalue weighted by Crippen LogP contribution is 2.21. The number of hydrogen-bond acceptors (Lipinski definition) is 2. The number of nitrogens with one attached hydrogen (secondary N) is 2. The van der Waals surface area contributed by atoms with Gasteiger partial charge in [0.1, 0.15) is 0 Å². The van der Waals surface area contributed by atoms with E-state index >= 15 is 0 Å². The molecule has 22 heavy (non-hydrogen) atoms. The molecular formula is C18H21BrN2O. The molecule has 2 aromatic carbocycles. The highest BCUT2D eigenvalue weighted by Gasteiger charge is 2.13. The van der Waals surface area contributed by atoms with E-state index < -0.39 is 0 Å². The quantitative estimate of drug-likeness (QED) is 0.872. The molecule has 0 bridgehead atoms. The third kappa shape index (κ3) is 3.87. The smallest absolute Gasteiger partial charge is 0.251 e. The van der Waals surface area contributed by atoms with Crippen LogP contribution < -0.4 is 10.6 Å². The van der Waals surface area contributed by atoms with Crippen molar-refractivity contribution >= 4 is 32.6 Å². The highest BCUT2D eigenvalue weighted by atomic mass is 79.9. The fraction of sp³-hybridized carbons (Fsp3) is 0.389. The molecule has 116 valence electrons. The summed E-state index contributed by atoms with van der Waals surface area (Å²) in [6.45, 7) is 2.97. The average Bonchev–Trinajstić information content (AvgIpc) is 2.55. The fourth-order valence-corrected chi connectivity index (χ4v) is 3.40. The number of benzene rings is 2. The molecule has 1 heterocycles. The van der Waals surface area contributed by atoms with Gasteiger partial charge >= 0.3 is 0 Å². The number of piperidine rings is 1. The van der Waals surface area contributed by atoms with Crippen molar-refractivity contribution in [3.8, 4) is 0 Å². The van der Waals surface area contributed by atoms with Crippen LogP contribution in [0.1, 0.15) is 29.6 Å². The summed E-state index contributed by atoms with van der Waals surface area (Å²) >= 11 is 3.47. The monoisotopic (exact) mass is 360 g/mol. The Morgan fingerprint density at radius 2 is 2.05 bits per heavy atom. The van der Waals surface area contributed by atoms with Gasteiger partial charge in [0.15, 0.2) is 0 Å². The number of carbonyl (C=O) groups is 1. The SMILES string of the molecule is O=C(NCCC1CCCNC1)c1ccc2cc(Br)ccc2c1.